The summed E-state index contributed by atoms with van der Waals surface area (Å²) < 4.78 is 70.6. The number of carbonyl (C=O) groups excluding carboxylic acids is 5. The first-order chi connectivity index (χ1) is 70.6. The Hall–Kier alpha value is -13.5. The molecule has 14 rings (SSSR count). The molecule has 5 amide bonds. The van der Waals surface area contributed by atoms with E-state index in [0.717, 1.165) is 102 Å². The molecule has 12 atom stereocenters. The van der Waals surface area contributed by atoms with Gasteiger partial charge < -0.3 is 88.1 Å². The Labute approximate surface area is 873 Å². The van der Waals surface area contributed by atoms with Gasteiger partial charge in [0.2, 0.25) is 11.8 Å². The summed E-state index contributed by atoms with van der Waals surface area (Å²) in [6.07, 6.45) is 25.7. The molecule has 5 aliphatic rings. The molecule has 25 heteroatoms. The number of hydrogen-bond donors (Lipinski definition) is 4. The molecule has 25 nitrogen and oxygen atoms in total. The number of aliphatic hydroxyl groups excluding tert-OH is 1. The first-order valence-corrected chi connectivity index (χ1v) is 52.1. The number of hydrogen-bond acceptors (Lipinski definition) is 20. The molecule has 0 aliphatic carbocycles. The number of alkyl carbamates (subject to hydrolysis) is 1. The van der Waals surface area contributed by atoms with E-state index in [4.69, 9.17) is 67.7 Å². The number of carbonyl (C=O) groups is 5. The van der Waals surface area contributed by atoms with E-state index >= 15 is 0 Å². The number of para-hydroxylation sites is 9. The van der Waals surface area contributed by atoms with Gasteiger partial charge in [0.05, 0.1) is 63.0 Å². The average Bonchev–Trinajstić information content (AvgIpc) is 1.66. The highest BCUT2D eigenvalue weighted by Gasteiger charge is 2.43. The molecule has 0 bridgehead atoms. The van der Waals surface area contributed by atoms with E-state index < -0.39 is 35.0 Å². The Morgan fingerprint density at radius 2 is 0.626 bits per heavy atom. The van der Waals surface area contributed by atoms with Crippen LogP contribution in [0.4, 0.5) is 14.4 Å². The van der Waals surface area contributed by atoms with Crippen LogP contribution in [0.1, 0.15) is 172 Å². The standard InChI is InChI=1S/C31H42N2O5.C26H34N2O3.C26H33NO4.C21H25NO2.C18H25NO4/c1-7-23-14-11-12-18-27(23)36-19-13-15-24-20-26(37-25-16-9-8-10-17-25)21-33(24)29(34)28(22(2)3)32-30(35)38-31(4,5)6;1-4-20-11-8-9-15-24(20)30-16-10-12-21-17-23(31-22-13-6-5-7-14-22)18-28(21)26(29)25(27)19(2)3;1-5-20-12-9-10-16-24(20)29-17-11-13-21-18-23(30-22-14-7-6-8-15-22)19-27(21)25(28)31-26(2,3)4;1-2-17-9-6-7-13-21(17)23-14-8-10-18-15-20(16-22-18)24-19-11-4-3-5-12-19;1-18(2,3)23-17(21)19-13-16(12-14(19)8-7-11-20)22-15-9-5-4-6-10-15/h8-18,22,24,26,28H,7,19-21H2,1-6H3,(H,32,35);5-15,19,21,23,25H,4,16-18,27H2,1-3H3;6-16,21,23H,5,17-19H2,1-4H3;3-13,18,20,22H,2,14-16H2,1H3;4-10,14,16,20H,11-13H2,1-3H3/b15-13+;12-10+;13-11+;10-8+;8-7+/t24-,26+,28?;21-,23+,25+;21-,23+;18-,20+;14-,16+/m11111/s1. The maximum Gasteiger partial charge on any atom is 0.410 e. The molecule has 9 aromatic carbocycles. The lowest BCUT2D eigenvalue weighted by Crippen LogP contribution is -2.53. The highest BCUT2D eigenvalue weighted by atomic mass is 16.6. The van der Waals surface area contributed by atoms with Gasteiger partial charge in [-0.3, -0.25) is 19.4 Å². The van der Waals surface area contributed by atoms with Crippen molar-refractivity contribution in [3.63, 3.8) is 0 Å². The van der Waals surface area contributed by atoms with Crippen molar-refractivity contribution in [1.82, 2.24) is 30.2 Å². The number of likely N-dealkylation sites (tertiary alicyclic amines) is 4. The molecule has 5 fully saturated rings. The van der Waals surface area contributed by atoms with Crippen molar-refractivity contribution in [2.45, 2.75) is 265 Å². The van der Waals surface area contributed by atoms with Crippen LogP contribution >= 0.6 is 0 Å². The van der Waals surface area contributed by atoms with Crippen LogP contribution in [-0.2, 0) is 49.5 Å². The van der Waals surface area contributed by atoms with Gasteiger partial charge in [0, 0.05) is 44.7 Å². The van der Waals surface area contributed by atoms with Gasteiger partial charge in [0.25, 0.3) is 0 Å². The van der Waals surface area contributed by atoms with Gasteiger partial charge in [-0.1, -0.05) is 256 Å². The minimum Gasteiger partial charge on any atom is -0.489 e. The highest BCUT2D eigenvalue weighted by Crippen LogP contribution is 2.34. The molecule has 1 unspecified atom stereocenters. The summed E-state index contributed by atoms with van der Waals surface area (Å²) in [5.74, 6) is 7.54. The van der Waals surface area contributed by atoms with E-state index in [1.54, 1.807) is 41.5 Å². The Balaban J connectivity index is 0.000000190. The Morgan fingerprint density at radius 1 is 0.354 bits per heavy atom. The zero-order valence-corrected chi connectivity index (χ0v) is 89.2. The number of nitrogens with two attached hydrogens (primary N) is 1. The Morgan fingerprint density at radius 3 is 0.918 bits per heavy atom. The molecule has 9 aromatic rings. The largest absolute Gasteiger partial charge is 0.489 e. The molecule has 5 saturated heterocycles. The minimum atomic E-state index is -0.719. The van der Waals surface area contributed by atoms with Crippen LogP contribution in [-0.4, -0.2) is 210 Å². The van der Waals surface area contributed by atoms with Crippen LogP contribution in [0, 0.1) is 11.8 Å². The number of ether oxygens (including phenoxy) is 12. The second-order valence-electron chi connectivity index (χ2n) is 40.5. The molecule has 0 radical (unpaired) electrons. The molecule has 5 heterocycles. The molecule has 5 N–H and O–H groups in total. The van der Waals surface area contributed by atoms with E-state index in [0.29, 0.717) is 77.9 Å². The predicted octanol–water partition coefficient (Wildman–Crippen LogP) is 22.6. The van der Waals surface area contributed by atoms with Gasteiger partial charge >= 0.3 is 18.3 Å². The van der Waals surface area contributed by atoms with Crippen molar-refractivity contribution >= 4 is 30.1 Å². The summed E-state index contributed by atoms with van der Waals surface area (Å²) in [5.41, 5.74) is 9.22. The normalized spacial score (nSPS) is 19.6. The van der Waals surface area contributed by atoms with Crippen LogP contribution < -0.4 is 59.0 Å². The highest BCUT2D eigenvalue weighted by molar-refractivity contribution is 5.87. The Kier molecular flexibility index (Phi) is 46.6. The number of amides is 5. The van der Waals surface area contributed by atoms with E-state index in [1.807, 2.05) is 335 Å². The fourth-order valence-corrected chi connectivity index (χ4v) is 17.3. The van der Waals surface area contributed by atoms with Crippen LogP contribution in [0.15, 0.2) is 309 Å². The van der Waals surface area contributed by atoms with Crippen molar-refractivity contribution in [2.24, 2.45) is 17.6 Å². The monoisotopic (exact) mass is 2010 g/mol. The summed E-state index contributed by atoms with van der Waals surface area (Å²) in [4.78, 5) is 71.5. The van der Waals surface area contributed by atoms with Crippen molar-refractivity contribution in [3.8, 4) is 51.7 Å². The van der Waals surface area contributed by atoms with Gasteiger partial charge in [-0.15, -0.1) is 0 Å². The van der Waals surface area contributed by atoms with Gasteiger partial charge in [0.1, 0.15) is 132 Å². The summed E-state index contributed by atoms with van der Waals surface area (Å²) in [7, 11) is 0. The molecule has 0 saturated carbocycles. The second-order valence-corrected chi connectivity index (χ2v) is 40.5. The number of rotatable bonds is 37. The summed E-state index contributed by atoms with van der Waals surface area (Å²) in [5, 5.41) is 15.3. The lowest BCUT2D eigenvalue weighted by atomic mass is 10.0. The summed E-state index contributed by atoms with van der Waals surface area (Å²) in [6, 6.07) is 79.6. The molecule has 147 heavy (non-hydrogen) atoms. The van der Waals surface area contributed by atoms with Gasteiger partial charge in [-0.05, 0) is 231 Å². The van der Waals surface area contributed by atoms with E-state index in [1.165, 1.54) is 16.7 Å². The zero-order valence-electron chi connectivity index (χ0n) is 89.2. The lowest BCUT2D eigenvalue weighted by molar-refractivity contribution is -0.135. The fraction of sp³-hybridized carbons (Fsp3) is 0.434. The fourth-order valence-electron chi connectivity index (χ4n) is 17.3. The topological polar surface area (TPSA) is 279 Å². The van der Waals surface area contributed by atoms with E-state index in [2.05, 4.69) is 80.8 Å². The summed E-state index contributed by atoms with van der Waals surface area (Å²) in [6.45, 7) is 37.4. The van der Waals surface area contributed by atoms with E-state index in [9.17, 15) is 24.0 Å². The summed E-state index contributed by atoms with van der Waals surface area (Å²) >= 11 is 0. The Bertz CT molecular complexity index is 5570. The van der Waals surface area contributed by atoms with Crippen LogP contribution in [0.2, 0.25) is 0 Å². The van der Waals surface area contributed by atoms with Crippen molar-refractivity contribution in [1.29, 1.82) is 0 Å². The molecular weight excluding hydrogens is 1850 g/mol. The van der Waals surface area contributed by atoms with E-state index in [-0.39, 0.29) is 97.1 Å². The molecular formula is C122H159N7O18. The van der Waals surface area contributed by atoms with Crippen LogP contribution in [0.3, 0.4) is 0 Å². The quantitative estimate of drug-likeness (QED) is 0.0208. The number of nitrogens with zero attached hydrogens (tertiary/aromatic N) is 4. The number of nitrogens with one attached hydrogen (secondary N) is 2. The smallest absolute Gasteiger partial charge is 0.410 e. The molecule has 0 spiro atoms. The van der Waals surface area contributed by atoms with Crippen molar-refractivity contribution in [3.05, 3.63) is 332 Å². The number of aryl methyl sites for hydroxylation is 4. The first-order valence-electron chi connectivity index (χ1n) is 52.1. The average molecular weight is 2010 g/mol. The van der Waals surface area contributed by atoms with Crippen molar-refractivity contribution in [2.75, 3.05) is 65.8 Å². The third kappa shape index (κ3) is 39.7. The van der Waals surface area contributed by atoms with Gasteiger partial charge in [0.15, 0.2) is 0 Å². The van der Waals surface area contributed by atoms with Crippen LogP contribution in [0.25, 0.3) is 0 Å². The third-order valence-electron chi connectivity index (χ3n) is 24.7. The predicted molar refractivity (Wildman–Crippen MR) is 582 cm³/mol. The second kappa shape index (κ2) is 59.3. The zero-order chi connectivity index (χ0) is 106. The number of benzene rings is 9. The molecule has 0 aromatic heterocycles. The lowest BCUT2D eigenvalue weighted by Gasteiger charge is -2.30. The van der Waals surface area contributed by atoms with Gasteiger partial charge in [-0.2, -0.15) is 0 Å². The maximum absolute atomic E-state index is 13.8. The minimum absolute atomic E-state index is 0.0268. The first kappa shape index (κ1) is 115. The number of aliphatic hydroxyl groups is 1. The third-order valence-corrected chi connectivity index (χ3v) is 24.7. The maximum atomic E-state index is 13.8. The SMILES string of the molecule is CC(C)(C)OC(=O)N1C[C@@H](Oc2ccccc2)C[C@H]1/C=C/CO.CCc1ccccc1OC/C=C/[C@@H]1C[C@H](Oc2ccccc2)CN1.CCc1ccccc1OC/C=C/[C@@H]1C[C@H](Oc2ccccc2)CN1C(=O)C(NC(=O)OC(C)(C)C)C(C)C.CCc1ccccc1OC/C=C/[C@@H]1C[C@H](Oc2ccccc2)CN1C(=O)OC(C)(C)C.CCc1ccccc1OC/C=C/[C@@H]1C[C@H](Oc2ccccc2)CN1C(=O)[C@@H](N)C(C)C. The van der Waals surface area contributed by atoms with Gasteiger partial charge in [-0.25, -0.2) is 14.4 Å². The molecule has 5 aliphatic heterocycles. The van der Waals surface area contributed by atoms with Crippen molar-refractivity contribution < 1.29 is 85.9 Å². The van der Waals surface area contributed by atoms with Crippen LogP contribution in [0.5, 0.6) is 51.7 Å². The molecule has 790 valence electrons.